The predicted octanol–water partition coefficient (Wildman–Crippen LogP) is 3.67. The third-order valence-corrected chi connectivity index (χ3v) is 3.68. The molecule has 1 atom stereocenters. The van der Waals surface area contributed by atoms with Gasteiger partial charge >= 0.3 is 0 Å². The number of ether oxygens (including phenoxy) is 3. The molecule has 24 heavy (non-hydrogen) atoms. The van der Waals surface area contributed by atoms with Gasteiger partial charge in [0.05, 0.1) is 7.11 Å². The van der Waals surface area contributed by atoms with Crippen LogP contribution in [0.1, 0.15) is 0 Å². The number of aliphatic hydroxyl groups is 1. The fourth-order valence-electron chi connectivity index (χ4n) is 2.49. The number of para-hydroxylation sites is 1. The summed E-state index contributed by atoms with van der Waals surface area (Å²) in [6.45, 7) is 0.335. The molecule has 0 spiro atoms. The van der Waals surface area contributed by atoms with E-state index >= 15 is 0 Å². The lowest BCUT2D eigenvalue weighted by atomic mass is 10.1. The number of fused-ring (bicyclic) bond motifs is 1. The molecule has 0 saturated heterocycles. The van der Waals surface area contributed by atoms with E-state index in [9.17, 15) is 5.11 Å². The SMILES string of the molecule is COc1ccc(OCC(O)COc2ccccc2)c2ccccc12. The maximum Gasteiger partial charge on any atom is 0.127 e. The van der Waals surface area contributed by atoms with Gasteiger partial charge in [0.2, 0.25) is 0 Å². The van der Waals surface area contributed by atoms with Crippen molar-refractivity contribution in [2.24, 2.45) is 0 Å². The van der Waals surface area contributed by atoms with Gasteiger partial charge in [-0.05, 0) is 24.3 Å². The molecule has 0 radical (unpaired) electrons. The van der Waals surface area contributed by atoms with Gasteiger partial charge in [0.25, 0.3) is 0 Å². The normalized spacial score (nSPS) is 11.9. The van der Waals surface area contributed by atoms with Crippen molar-refractivity contribution in [1.82, 2.24) is 0 Å². The summed E-state index contributed by atoms with van der Waals surface area (Å²) < 4.78 is 16.7. The average molecular weight is 324 g/mol. The van der Waals surface area contributed by atoms with Crippen molar-refractivity contribution in [3.05, 3.63) is 66.7 Å². The van der Waals surface area contributed by atoms with E-state index in [-0.39, 0.29) is 13.2 Å². The molecule has 1 N–H and O–H groups in total. The minimum atomic E-state index is -0.717. The van der Waals surface area contributed by atoms with Gasteiger partial charge < -0.3 is 19.3 Å². The van der Waals surface area contributed by atoms with Crippen molar-refractivity contribution >= 4 is 10.8 Å². The molecule has 0 aliphatic carbocycles. The minimum absolute atomic E-state index is 0.156. The van der Waals surface area contributed by atoms with Gasteiger partial charge in [-0.2, -0.15) is 0 Å². The second-order valence-corrected chi connectivity index (χ2v) is 5.40. The van der Waals surface area contributed by atoms with Crippen molar-refractivity contribution < 1.29 is 19.3 Å². The molecule has 0 aliphatic rings. The van der Waals surface area contributed by atoms with Crippen LogP contribution in [0, 0.1) is 0 Å². The first kappa shape index (κ1) is 16.1. The van der Waals surface area contributed by atoms with Crippen molar-refractivity contribution in [3.8, 4) is 17.2 Å². The van der Waals surface area contributed by atoms with E-state index in [1.54, 1.807) is 7.11 Å². The molecule has 1 unspecified atom stereocenters. The van der Waals surface area contributed by atoms with Crippen LogP contribution in [0.4, 0.5) is 0 Å². The maximum absolute atomic E-state index is 10.1. The first-order valence-electron chi connectivity index (χ1n) is 7.82. The summed E-state index contributed by atoms with van der Waals surface area (Å²) in [5.41, 5.74) is 0. The second kappa shape index (κ2) is 7.70. The summed E-state index contributed by atoms with van der Waals surface area (Å²) in [6.07, 6.45) is -0.717. The van der Waals surface area contributed by atoms with Crippen LogP contribution in [0.15, 0.2) is 66.7 Å². The lowest BCUT2D eigenvalue weighted by Crippen LogP contribution is -2.25. The standard InChI is InChI=1S/C20H20O4/c1-22-19-11-12-20(18-10-6-5-9-17(18)19)24-14-15(21)13-23-16-7-3-2-4-8-16/h2-12,15,21H,13-14H2,1H3. The third-order valence-electron chi connectivity index (χ3n) is 3.68. The van der Waals surface area contributed by atoms with Crippen LogP contribution in [0.25, 0.3) is 10.8 Å². The van der Waals surface area contributed by atoms with Crippen molar-refractivity contribution in [3.63, 3.8) is 0 Å². The van der Waals surface area contributed by atoms with Gasteiger partial charge in [-0.25, -0.2) is 0 Å². The van der Waals surface area contributed by atoms with Gasteiger partial charge in [0.15, 0.2) is 0 Å². The van der Waals surface area contributed by atoms with E-state index in [1.165, 1.54) is 0 Å². The number of aliphatic hydroxyl groups excluding tert-OH is 1. The van der Waals surface area contributed by atoms with E-state index in [0.29, 0.717) is 5.75 Å². The molecule has 4 nitrogen and oxygen atoms in total. The molecule has 124 valence electrons. The van der Waals surface area contributed by atoms with E-state index in [2.05, 4.69) is 0 Å². The molecular formula is C20H20O4. The van der Waals surface area contributed by atoms with Crippen molar-refractivity contribution in [2.75, 3.05) is 20.3 Å². The summed E-state index contributed by atoms with van der Waals surface area (Å²) in [6, 6.07) is 21.0. The van der Waals surface area contributed by atoms with Gasteiger partial charge in [0, 0.05) is 10.8 Å². The molecule has 0 heterocycles. The van der Waals surface area contributed by atoms with Crippen molar-refractivity contribution in [2.45, 2.75) is 6.10 Å². The molecule has 4 heteroatoms. The van der Waals surface area contributed by atoms with Crippen LogP contribution >= 0.6 is 0 Å². The minimum Gasteiger partial charge on any atom is -0.496 e. The highest BCUT2D eigenvalue weighted by atomic mass is 16.5. The topological polar surface area (TPSA) is 47.9 Å². The first-order valence-corrected chi connectivity index (χ1v) is 7.82. The maximum atomic E-state index is 10.1. The Labute approximate surface area is 141 Å². The van der Waals surface area contributed by atoms with Gasteiger partial charge in [-0.15, -0.1) is 0 Å². The predicted molar refractivity (Wildman–Crippen MR) is 93.9 cm³/mol. The Balaban J connectivity index is 1.63. The number of methoxy groups -OCH3 is 1. The van der Waals surface area contributed by atoms with Gasteiger partial charge in [-0.3, -0.25) is 0 Å². The number of hydrogen-bond donors (Lipinski definition) is 1. The van der Waals surface area contributed by atoms with Crippen LogP contribution in [0.5, 0.6) is 17.2 Å². The summed E-state index contributed by atoms with van der Waals surface area (Å²) in [5.74, 6) is 2.24. The smallest absolute Gasteiger partial charge is 0.127 e. The Morgan fingerprint density at radius 2 is 1.33 bits per heavy atom. The highest BCUT2D eigenvalue weighted by Gasteiger charge is 2.10. The lowest BCUT2D eigenvalue weighted by molar-refractivity contribution is 0.0632. The van der Waals surface area contributed by atoms with E-state index in [1.807, 2.05) is 66.7 Å². The molecule has 3 rings (SSSR count). The van der Waals surface area contributed by atoms with Crippen molar-refractivity contribution in [1.29, 1.82) is 0 Å². The molecule has 3 aromatic carbocycles. The van der Waals surface area contributed by atoms with Crippen LogP contribution < -0.4 is 14.2 Å². The first-order chi connectivity index (χ1) is 11.8. The van der Waals surface area contributed by atoms with E-state index < -0.39 is 6.10 Å². The second-order valence-electron chi connectivity index (χ2n) is 5.40. The lowest BCUT2D eigenvalue weighted by Gasteiger charge is -2.15. The molecule has 3 aromatic rings. The monoisotopic (exact) mass is 324 g/mol. The van der Waals surface area contributed by atoms with E-state index in [4.69, 9.17) is 14.2 Å². The summed E-state index contributed by atoms with van der Waals surface area (Å²) in [4.78, 5) is 0. The molecule has 0 fully saturated rings. The highest BCUT2D eigenvalue weighted by Crippen LogP contribution is 2.32. The fourth-order valence-corrected chi connectivity index (χ4v) is 2.49. The molecular weight excluding hydrogens is 304 g/mol. The quantitative estimate of drug-likeness (QED) is 0.720. The highest BCUT2D eigenvalue weighted by molar-refractivity contribution is 5.93. The molecule has 0 saturated carbocycles. The van der Waals surface area contributed by atoms with Crippen LogP contribution in [0.3, 0.4) is 0 Å². The number of benzene rings is 3. The van der Waals surface area contributed by atoms with E-state index in [0.717, 1.165) is 22.3 Å². The van der Waals surface area contributed by atoms with Crippen LogP contribution in [-0.4, -0.2) is 31.5 Å². The molecule has 0 amide bonds. The molecule has 0 aliphatic heterocycles. The Morgan fingerprint density at radius 3 is 2.04 bits per heavy atom. The number of hydrogen-bond acceptors (Lipinski definition) is 4. The largest absolute Gasteiger partial charge is 0.496 e. The Morgan fingerprint density at radius 1 is 0.750 bits per heavy atom. The Hall–Kier alpha value is -2.72. The summed E-state index contributed by atoms with van der Waals surface area (Å²) >= 11 is 0. The fraction of sp³-hybridized carbons (Fsp3) is 0.200. The number of rotatable bonds is 7. The molecule has 0 aromatic heterocycles. The van der Waals surface area contributed by atoms with Crippen LogP contribution in [0.2, 0.25) is 0 Å². The summed E-state index contributed by atoms with van der Waals surface area (Å²) in [7, 11) is 1.65. The Kier molecular flexibility index (Phi) is 5.18. The summed E-state index contributed by atoms with van der Waals surface area (Å²) in [5, 5.41) is 12.0. The van der Waals surface area contributed by atoms with Crippen LogP contribution in [-0.2, 0) is 0 Å². The zero-order chi connectivity index (χ0) is 16.8. The van der Waals surface area contributed by atoms with Gasteiger partial charge in [-0.1, -0.05) is 42.5 Å². The Bertz CT molecular complexity index is 786. The molecule has 0 bridgehead atoms. The third kappa shape index (κ3) is 3.78. The zero-order valence-corrected chi connectivity index (χ0v) is 13.5. The van der Waals surface area contributed by atoms with Gasteiger partial charge in [0.1, 0.15) is 36.6 Å². The average Bonchev–Trinajstić information content (AvgIpc) is 2.65. The zero-order valence-electron chi connectivity index (χ0n) is 13.5.